The van der Waals surface area contributed by atoms with E-state index in [1.807, 2.05) is 6.07 Å². The number of amides is 1. The van der Waals surface area contributed by atoms with Crippen molar-refractivity contribution in [2.75, 3.05) is 13.1 Å². The summed E-state index contributed by atoms with van der Waals surface area (Å²) in [4.78, 5) is 12.4. The first kappa shape index (κ1) is 13.6. The second kappa shape index (κ2) is 5.96. The van der Waals surface area contributed by atoms with Crippen molar-refractivity contribution < 1.29 is 4.79 Å². The fraction of sp³-hybridized carbons (Fsp3) is 0.588. The predicted molar refractivity (Wildman–Crippen MR) is 81.0 cm³/mol. The summed E-state index contributed by atoms with van der Waals surface area (Å²) in [6.45, 7) is 4.26. The van der Waals surface area contributed by atoms with Crippen molar-refractivity contribution in [3.63, 3.8) is 0 Å². The van der Waals surface area contributed by atoms with Crippen molar-refractivity contribution in [3.8, 4) is 0 Å². The second-order valence-corrected chi connectivity index (χ2v) is 6.21. The minimum Gasteiger partial charge on any atom is -0.349 e. The first-order chi connectivity index (χ1) is 9.74. The predicted octanol–water partition coefficient (Wildman–Crippen LogP) is 2.29. The van der Waals surface area contributed by atoms with Crippen LogP contribution < -0.4 is 10.6 Å². The summed E-state index contributed by atoms with van der Waals surface area (Å²) < 4.78 is 0. The molecule has 2 aliphatic rings. The third-order valence-corrected chi connectivity index (χ3v) is 4.76. The van der Waals surface area contributed by atoms with Gasteiger partial charge in [0.05, 0.1) is 0 Å². The molecule has 1 aliphatic heterocycles. The van der Waals surface area contributed by atoms with Crippen LogP contribution in [0.4, 0.5) is 0 Å². The Balaban J connectivity index is 1.63. The molecule has 3 nitrogen and oxygen atoms in total. The third-order valence-electron chi connectivity index (χ3n) is 4.76. The standard InChI is InChI=1S/C17H24N2O/c1-12(16-6-3-9-18-11-16)19-17(20)15-8-7-13-4-2-5-14(13)10-15/h7-8,10,12,16,18H,2-6,9,11H2,1H3,(H,19,20). The summed E-state index contributed by atoms with van der Waals surface area (Å²) in [5.41, 5.74) is 3.61. The van der Waals surface area contributed by atoms with E-state index in [1.165, 1.54) is 36.8 Å². The van der Waals surface area contributed by atoms with Crippen molar-refractivity contribution in [2.24, 2.45) is 5.92 Å². The number of aryl methyl sites for hydroxylation is 2. The Kier molecular flexibility index (Phi) is 4.06. The van der Waals surface area contributed by atoms with Gasteiger partial charge in [-0.3, -0.25) is 4.79 Å². The van der Waals surface area contributed by atoms with Gasteiger partial charge in [0.15, 0.2) is 0 Å². The first-order valence-electron chi connectivity index (χ1n) is 7.87. The molecule has 1 saturated heterocycles. The molecule has 0 radical (unpaired) electrons. The van der Waals surface area contributed by atoms with Crippen LogP contribution in [0.5, 0.6) is 0 Å². The topological polar surface area (TPSA) is 41.1 Å². The molecule has 0 aromatic heterocycles. The highest BCUT2D eigenvalue weighted by Gasteiger charge is 2.22. The van der Waals surface area contributed by atoms with Crippen molar-refractivity contribution >= 4 is 5.91 Å². The number of piperidine rings is 1. The molecule has 2 atom stereocenters. The maximum Gasteiger partial charge on any atom is 0.251 e. The van der Waals surface area contributed by atoms with Crippen LogP contribution in [0.1, 0.15) is 47.7 Å². The van der Waals surface area contributed by atoms with E-state index in [0.717, 1.165) is 25.1 Å². The van der Waals surface area contributed by atoms with Crippen LogP contribution in [-0.2, 0) is 12.8 Å². The zero-order valence-electron chi connectivity index (χ0n) is 12.2. The molecule has 0 bridgehead atoms. The summed E-state index contributed by atoms with van der Waals surface area (Å²) in [5, 5.41) is 6.59. The van der Waals surface area contributed by atoms with Gasteiger partial charge in [0.2, 0.25) is 0 Å². The van der Waals surface area contributed by atoms with Crippen LogP contribution in [0.2, 0.25) is 0 Å². The lowest BCUT2D eigenvalue weighted by Crippen LogP contribution is -2.44. The highest BCUT2D eigenvalue weighted by atomic mass is 16.1. The molecule has 1 heterocycles. The van der Waals surface area contributed by atoms with E-state index in [4.69, 9.17) is 0 Å². The Morgan fingerprint density at radius 2 is 2.15 bits per heavy atom. The van der Waals surface area contributed by atoms with E-state index < -0.39 is 0 Å². The summed E-state index contributed by atoms with van der Waals surface area (Å²) >= 11 is 0. The van der Waals surface area contributed by atoms with Crippen molar-refractivity contribution in [3.05, 3.63) is 34.9 Å². The van der Waals surface area contributed by atoms with E-state index >= 15 is 0 Å². The molecule has 108 valence electrons. The Hall–Kier alpha value is -1.35. The Labute approximate surface area is 121 Å². The average Bonchev–Trinajstić information content (AvgIpc) is 2.95. The lowest BCUT2D eigenvalue weighted by molar-refractivity contribution is 0.0922. The first-order valence-corrected chi connectivity index (χ1v) is 7.87. The normalized spacial score (nSPS) is 23.1. The SMILES string of the molecule is CC(NC(=O)c1ccc2c(c1)CCC2)C1CCCNC1. The number of nitrogens with one attached hydrogen (secondary N) is 2. The number of benzene rings is 1. The van der Waals surface area contributed by atoms with Crippen LogP contribution in [-0.4, -0.2) is 25.0 Å². The molecule has 2 unspecified atom stereocenters. The minimum atomic E-state index is 0.0813. The molecule has 1 fully saturated rings. The van der Waals surface area contributed by atoms with E-state index in [2.05, 4.69) is 29.7 Å². The van der Waals surface area contributed by atoms with Crippen LogP contribution in [0.3, 0.4) is 0 Å². The third kappa shape index (κ3) is 2.88. The van der Waals surface area contributed by atoms with Crippen molar-refractivity contribution in [1.29, 1.82) is 0 Å². The fourth-order valence-electron chi connectivity index (χ4n) is 3.43. The van der Waals surface area contributed by atoms with Gasteiger partial charge in [-0.25, -0.2) is 0 Å². The van der Waals surface area contributed by atoms with E-state index in [0.29, 0.717) is 5.92 Å². The van der Waals surface area contributed by atoms with Gasteiger partial charge in [-0.1, -0.05) is 6.07 Å². The summed E-state index contributed by atoms with van der Waals surface area (Å²) in [6, 6.07) is 6.43. The highest BCUT2D eigenvalue weighted by molar-refractivity contribution is 5.94. The molecule has 2 N–H and O–H groups in total. The number of carbonyl (C=O) groups is 1. The van der Waals surface area contributed by atoms with Gasteiger partial charge in [0.25, 0.3) is 5.91 Å². The Morgan fingerprint density at radius 3 is 2.95 bits per heavy atom. The smallest absolute Gasteiger partial charge is 0.251 e. The van der Waals surface area contributed by atoms with Gasteiger partial charge in [0.1, 0.15) is 0 Å². The van der Waals surface area contributed by atoms with Crippen molar-refractivity contribution in [1.82, 2.24) is 10.6 Å². The van der Waals surface area contributed by atoms with Crippen LogP contribution in [0.15, 0.2) is 18.2 Å². The summed E-state index contributed by atoms with van der Waals surface area (Å²) in [5.74, 6) is 0.639. The molecule has 0 spiro atoms. The van der Waals surface area contributed by atoms with E-state index in [1.54, 1.807) is 0 Å². The minimum absolute atomic E-state index is 0.0813. The van der Waals surface area contributed by atoms with Gasteiger partial charge in [-0.2, -0.15) is 0 Å². The number of hydrogen-bond acceptors (Lipinski definition) is 2. The number of rotatable bonds is 3. The molecule has 20 heavy (non-hydrogen) atoms. The van der Waals surface area contributed by atoms with Gasteiger partial charge >= 0.3 is 0 Å². The molecule has 3 rings (SSSR count). The zero-order chi connectivity index (χ0) is 13.9. The molecular formula is C17H24N2O. The van der Waals surface area contributed by atoms with Gasteiger partial charge < -0.3 is 10.6 Å². The highest BCUT2D eigenvalue weighted by Crippen LogP contribution is 2.23. The second-order valence-electron chi connectivity index (χ2n) is 6.21. The lowest BCUT2D eigenvalue weighted by Gasteiger charge is -2.29. The van der Waals surface area contributed by atoms with Gasteiger partial charge in [-0.05, 0) is 81.3 Å². The van der Waals surface area contributed by atoms with Crippen LogP contribution in [0, 0.1) is 5.92 Å². The van der Waals surface area contributed by atoms with E-state index in [9.17, 15) is 4.79 Å². The fourth-order valence-corrected chi connectivity index (χ4v) is 3.43. The Bertz CT molecular complexity index is 492. The maximum atomic E-state index is 12.4. The Morgan fingerprint density at radius 1 is 1.30 bits per heavy atom. The van der Waals surface area contributed by atoms with Crippen molar-refractivity contribution in [2.45, 2.75) is 45.1 Å². The van der Waals surface area contributed by atoms with Gasteiger partial charge in [-0.15, -0.1) is 0 Å². The lowest BCUT2D eigenvalue weighted by atomic mass is 9.92. The largest absolute Gasteiger partial charge is 0.349 e. The van der Waals surface area contributed by atoms with E-state index in [-0.39, 0.29) is 11.9 Å². The quantitative estimate of drug-likeness (QED) is 0.886. The molecule has 1 aliphatic carbocycles. The molecule has 3 heteroatoms. The molecule has 0 saturated carbocycles. The number of carbonyl (C=O) groups excluding carboxylic acids is 1. The number of hydrogen-bond donors (Lipinski definition) is 2. The maximum absolute atomic E-state index is 12.4. The summed E-state index contributed by atoms with van der Waals surface area (Å²) in [6.07, 6.45) is 5.94. The molecule has 1 amide bonds. The molecule has 1 aromatic carbocycles. The van der Waals surface area contributed by atoms with Crippen LogP contribution >= 0.6 is 0 Å². The average molecular weight is 272 g/mol. The monoisotopic (exact) mass is 272 g/mol. The van der Waals surface area contributed by atoms with Gasteiger partial charge in [0, 0.05) is 11.6 Å². The summed E-state index contributed by atoms with van der Waals surface area (Å²) in [7, 11) is 0. The number of fused-ring (bicyclic) bond motifs is 1. The molecular weight excluding hydrogens is 248 g/mol. The zero-order valence-corrected chi connectivity index (χ0v) is 12.2. The van der Waals surface area contributed by atoms with Crippen LogP contribution in [0.25, 0.3) is 0 Å². The molecule has 1 aromatic rings.